The number of anilines is 3. The van der Waals surface area contributed by atoms with Crippen LogP contribution in [0.5, 0.6) is 5.75 Å². The summed E-state index contributed by atoms with van der Waals surface area (Å²) in [4.78, 5) is 12.2. The Morgan fingerprint density at radius 2 is 1.88 bits per heavy atom. The van der Waals surface area contributed by atoms with Crippen LogP contribution >= 0.6 is 0 Å². The fraction of sp³-hybridized carbons (Fsp3) is 0.214. The van der Waals surface area contributed by atoms with Gasteiger partial charge in [0.05, 0.1) is 23.4 Å². The predicted octanol–water partition coefficient (Wildman–Crippen LogP) is 3.03. The van der Waals surface area contributed by atoms with Gasteiger partial charge in [0, 0.05) is 24.3 Å². The topological polar surface area (TPSA) is 135 Å². The molecule has 40 heavy (non-hydrogen) atoms. The van der Waals surface area contributed by atoms with Crippen LogP contribution in [0.1, 0.15) is 12.7 Å². The zero-order valence-electron chi connectivity index (χ0n) is 21.6. The monoisotopic (exact) mass is 536 g/mol. The SMILES string of the molecule is CC1CN(c2cc(-c3ccccc3O)nnc2N)CC(F)N1c1ccnc(C#CCn2nnc3ccccc32)n1. The van der Waals surface area contributed by atoms with E-state index in [1.54, 1.807) is 52.2 Å². The number of benzene rings is 2. The maximum Gasteiger partial charge on any atom is 0.206 e. The average Bonchev–Trinajstić information content (AvgIpc) is 3.37. The quantitative estimate of drug-likeness (QED) is 0.261. The van der Waals surface area contributed by atoms with E-state index < -0.39 is 6.30 Å². The number of phenols is 1. The van der Waals surface area contributed by atoms with Crippen LogP contribution in [0.3, 0.4) is 0 Å². The molecular formula is C28H25FN10O. The molecule has 1 fully saturated rings. The maximum absolute atomic E-state index is 15.7. The molecule has 6 rings (SSSR count). The Kier molecular flexibility index (Phi) is 6.53. The molecule has 3 N–H and O–H groups in total. The van der Waals surface area contributed by atoms with Crippen LogP contribution in [-0.4, -0.2) is 65.7 Å². The van der Waals surface area contributed by atoms with Crippen molar-refractivity contribution in [2.75, 3.05) is 28.6 Å². The second kappa shape index (κ2) is 10.5. The number of aromatic hydroxyl groups is 1. The standard InChI is InChI=1S/C28H25FN10O/c1-18-16-37(23-15-21(33-35-28(23)30)19-7-2-5-10-24(19)40)17-25(29)39(18)27-12-13-31-26(32-27)11-6-14-38-22-9-4-3-8-20(22)34-36-38/h2-5,7-10,12-13,15,18,25,40H,14,16-17H2,1H3,(H2,30,35). The Morgan fingerprint density at radius 1 is 1.05 bits per heavy atom. The summed E-state index contributed by atoms with van der Waals surface area (Å²) in [7, 11) is 0. The first-order chi connectivity index (χ1) is 19.5. The van der Waals surface area contributed by atoms with E-state index in [0.29, 0.717) is 41.7 Å². The third-order valence-corrected chi connectivity index (χ3v) is 6.71. The lowest BCUT2D eigenvalue weighted by Gasteiger charge is -2.43. The molecule has 4 heterocycles. The second-order valence-electron chi connectivity index (χ2n) is 9.39. The van der Waals surface area contributed by atoms with E-state index in [4.69, 9.17) is 5.73 Å². The minimum Gasteiger partial charge on any atom is -0.507 e. The van der Waals surface area contributed by atoms with Crippen molar-refractivity contribution in [3.8, 4) is 28.8 Å². The van der Waals surface area contributed by atoms with Crippen LogP contribution in [0, 0.1) is 11.8 Å². The highest BCUT2D eigenvalue weighted by Crippen LogP contribution is 2.34. The predicted molar refractivity (Wildman–Crippen MR) is 149 cm³/mol. The van der Waals surface area contributed by atoms with Gasteiger partial charge in [0.1, 0.15) is 23.6 Å². The summed E-state index contributed by atoms with van der Waals surface area (Å²) in [6.45, 7) is 2.72. The Bertz CT molecular complexity index is 1730. The third kappa shape index (κ3) is 4.80. The molecule has 12 heteroatoms. The molecule has 2 aromatic carbocycles. The second-order valence-corrected chi connectivity index (χ2v) is 9.39. The van der Waals surface area contributed by atoms with Crippen molar-refractivity contribution in [2.45, 2.75) is 25.8 Å². The van der Waals surface area contributed by atoms with E-state index in [1.807, 2.05) is 36.1 Å². The summed E-state index contributed by atoms with van der Waals surface area (Å²) in [5, 5.41) is 26.7. The molecule has 0 bridgehead atoms. The highest BCUT2D eigenvalue weighted by molar-refractivity contribution is 5.75. The number of halogens is 1. The lowest BCUT2D eigenvalue weighted by Crippen LogP contribution is -2.57. The van der Waals surface area contributed by atoms with E-state index >= 15 is 4.39 Å². The molecule has 1 aliphatic heterocycles. The number of aromatic nitrogens is 7. The van der Waals surface area contributed by atoms with E-state index in [9.17, 15) is 5.11 Å². The minimum atomic E-state index is -1.39. The van der Waals surface area contributed by atoms with Gasteiger partial charge in [-0.05, 0) is 49.2 Å². The average molecular weight is 537 g/mol. The molecule has 0 spiro atoms. The van der Waals surface area contributed by atoms with Crippen LogP contribution < -0.4 is 15.5 Å². The highest BCUT2D eigenvalue weighted by Gasteiger charge is 2.34. The number of hydrogen-bond donors (Lipinski definition) is 2. The molecule has 2 unspecified atom stereocenters. The summed E-state index contributed by atoms with van der Waals surface area (Å²) in [5.74, 6) is 6.98. The molecule has 0 saturated carbocycles. The number of hydrogen-bond acceptors (Lipinski definition) is 10. The lowest BCUT2D eigenvalue weighted by atomic mass is 10.1. The fourth-order valence-corrected chi connectivity index (χ4v) is 4.84. The number of rotatable bonds is 4. The van der Waals surface area contributed by atoms with Crippen LogP contribution in [0.2, 0.25) is 0 Å². The molecule has 0 aliphatic carbocycles. The number of piperazine rings is 1. The maximum atomic E-state index is 15.7. The smallest absolute Gasteiger partial charge is 0.206 e. The van der Waals surface area contributed by atoms with Crippen molar-refractivity contribution in [1.29, 1.82) is 0 Å². The summed E-state index contributed by atoms with van der Waals surface area (Å²) in [6, 6.07) is 17.6. The first-order valence-corrected chi connectivity index (χ1v) is 12.7. The van der Waals surface area contributed by atoms with Crippen LogP contribution in [0.25, 0.3) is 22.3 Å². The molecule has 3 aromatic heterocycles. The normalized spacial score (nSPS) is 17.1. The first-order valence-electron chi connectivity index (χ1n) is 12.7. The van der Waals surface area contributed by atoms with E-state index in [-0.39, 0.29) is 24.2 Å². The fourth-order valence-electron chi connectivity index (χ4n) is 4.84. The number of fused-ring (bicyclic) bond motifs is 1. The van der Waals surface area contributed by atoms with Crippen molar-refractivity contribution >= 4 is 28.4 Å². The van der Waals surface area contributed by atoms with Gasteiger partial charge in [0.25, 0.3) is 0 Å². The van der Waals surface area contributed by atoms with E-state index in [1.165, 1.54) is 0 Å². The number of nitrogens with zero attached hydrogens (tertiary/aromatic N) is 9. The van der Waals surface area contributed by atoms with Gasteiger partial charge < -0.3 is 20.6 Å². The number of para-hydroxylation sites is 2. The number of alkyl halides is 1. The Labute approximate surface area is 229 Å². The van der Waals surface area contributed by atoms with Gasteiger partial charge in [-0.3, -0.25) is 0 Å². The van der Waals surface area contributed by atoms with Crippen molar-refractivity contribution in [3.05, 3.63) is 72.7 Å². The molecule has 0 amide bonds. The molecule has 1 aliphatic rings. The van der Waals surface area contributed by atoms with Crippen molar-refractivity contribution in [2.24, 2.45) is 0 Å². The summed E-state index contributed by atoms with van der Waals surface area (Å²) < 4.78 is 17.4. The van der Waals surface area contributed by atoms with E-state index in [0.717, 1.165) is 11.0 Å². The zero-order chi connectivity index (χ0) is 27.6. The van der Waals surface area contributed by atoms with Crippen LogP contribution in [0.4, 0.5) is 21.7 Å². The van der Waals surface area contributed by atoms with Crippen molar-refractivity contribution in [3.63, 3.8) is 0 Å². The van der Waals surface area contributed by atoms with Gasteiger partial charge in [0.2, 0.25) is 5.82 Å². The van der Waals surface area contributed by atoms with E-state index in [2.05, 4.69) is 42.3 Å². The molecule has 200 valence electrons. The minimum absolute atomic E-state index is 0.0326. The largest absolute Gasteiger partial charge is 0.507 e. The van der Waals surface area contributed by atoms with Gasteiger partial charge in [-0.2, -0.15) is 0 Å². The van der Waals surface area contributed by atoms with Crippen molar-refractivity contribution < 1.29 is 9.50 Å². The molecule has 11 nitrogen and oxygen atoms in total. The lowest BCUT2D eigenvalue weighted by molar-refractivity contribution is 0.273. The number of nitrogen functional groups attached to an aromatic ring is 1. The Morgan fingerprint density at radius 3 is 2.73 bits per heavy atom. The highest BCUT2D eigenvalue weighted by atomic mass is 19.1. The van der Waals surface area contributed by atoms with Gasteiger partial charge in [-0.15, -0.1) is 15.3 Å². The summed E-state index contributed by atoms with van der Waals surface area (Å²) in [5.41, 5.74) is 9.35. The Hall–Kier alpha value is -5.31. The third-order valence-electron chi connectivity index (χ3n) is 6.71. The zero-order valence-corrected chi connectivity index (χ0v) is 21.6. The molecule has 2 atom stereocenters. The summed E-state index contributed by atoms with van der Waals surface area (Å²) in [6.07, 6.45) is 0.189. The number of phenolic OH excluding ortho intramolecular Hbond substituents is 1. The van der Waals surface area contributed by atoms with Gasteiger partial charge >= 0.3 is 0 Å². The molecule has 5 aromatic rings. The van der Waals surface area contributed by atoms with Crippen molar-refractivity contribution in [1.82, 2.24) is 35.2 Å². The van der Waals surface area contributed by atoms with Gasteiger partial charge in [0.15, 0.2) is 12.1 Å². The first kappa shape index (κ1) is 25.0. The summed E-state index contributed by atoms with van der Waals surface area (Å²) >= 11 is 0. The van der Waals surface area contributed by atoms with Gasteiger partial charge in [-0.25, -0.2) is 19.0 Å². The number of nitrogens with two attached hydrogens (primary N) is 1. The molecule has 1 saturated heterocycles. The molecule has 0 radical (unpaired) electrons. The molecular weight excluding hydrogens is 511 g/mol. The van der Waals surface area contributed by atoms with Gasteiger partial charge in [-0.1, -0.05) is 35.4 Å². The van der Waals surface area contributed by atoms with Crippen LogP contribution in [0.15, 0.2) is 66.9 Å². The van der Waals surface area contributed by atoms with Crippen LogP contribution in [-0.2, 0) is 6.54 Å². The Balaban J connectivity index is 1.19.